The summed E-state index contributed by atoms with van der Waals surface area (Å²) in [5, 5.41) is 0. The number of rotatable bonds is 32. The van der Waals surface area contributed by atoms with Crippen LogP contribution < -0.4 is 0 Å². The molecule has 1 saturated carbocycles. The Morgan fingerprint density at radius 2 is 0.814 bits per heavy atom. The van der Waals surface area contributed by atoms with Crippen molar-refractivity contribution in [1.29, 1.82) is 0 Å². The van der Waals surface area contributed by atoms with E-state index in [4.69, 9.17) is 0 Å². The quantitative estimate of drug-likeness (QED) is 0.0552. The highest BCUT2D eigenvalue weighted by Crippen LogP contribution is 2.59. The molecule has 0 aromatic heterocycles. The Kier molecular flexibility index (Phi) is 27.5. The Hall–Kier alpha value is -1.08. The summed E-state index contributed by atoms with van der Waals surface area (Å²) in [6, 6.07) is 0. The predicted octanol–water partition coefficient (Wildman–Crippen LogP) is 14.0. The predicted molar refractivity (Wildman–Crippen MR) is 197 cm³/mol. The summed E-state index contributed by atoms with van der Waals surface area (Å²) in [5.41, 5.74) is 0.703. The summed E-state index contributed by atoms with van der Waals surface area (Å²) in [6.07, 6.45) is 56.1. The van der Waals surface area contributed by atoms with Crippen LogP contribution in [0.3, 0.4) is 0 Å². The highest BCUT2D eigenvalue weighted by molar-refractivity contribution is 5.02. The van der Waals surface area contributed by atoms with Crippen LogP contribution in [0, 0.1) is 11.3 Å². The van der Waals surface area contributed by atoms with Gasteiger partial charge in [-0.1, -0.05) is 152 Å². The molecule has 0 saturated heterocycles. The van der Waals surface area contributed by atoms with Crippen LogP contribution in [0.5, 0.6) is 0 Å². The summed E-state index contributed by atoms with van der Waals surface area (Å²) in [5.74, 6) is 0.971. The standard InChI is InChI=1S/C42H77N/c1-5-7-9-11-13-15-17-19-21-23-25-27-29-31-33-35-37-42(39-41(42)40-43(3)4)38-36-34-32-30-28-26-24-22-20-18-16-14-12-10-8-6-2/h13-16,19-22,41H,5-12,17-18,23-40H2,1-4H3/b15-13-,16-14-,21-19-,22-20-/t41-/m1/s1. The summed E-state index contributed by atoms with van der Waals surface area (Å²) in [7, 11) is 4.54. The van der Waals surface area contributed by atoms with Crippen molar-refractivity contribution < 1.29 is 0 Å². The van der Waals surface area contributed by atoms with E-state index >= 15 is 0 Å². The van der Waals surface area contributed by atoms with Gasteiger partial charge in [-0.05, 0) is 109 Å². The summed E-state index contributed by atoms with van der Waals surface area (Å²) >= 11 is 0. The van der Waals surface area contributed by atoms with Crippen LogP contribution in [0.4, 0.5) is 0 Å². The Balaban J connectivity index is 2.03. The lowest BCUT2D eigenvalue weighted by molar-refractivity contribution is 0.301. The number of nitrogens with zero attached hydrogens (tertiary/aromatic N) is 1. The SMILES string of the molecule is CCCCC/C=C\C/C=C\CCCCCCCCC1(CCCCCCCC/C=C\C/C=C\CCCCC)C[C@@H]1CN(C)C. The second-order valence-corrected chi connectivity index (χ2v) is 14.2. The summed E-state index contributed by atoms with van der Waals surface area (Å²) in [4.78, 5) is 2.43. The molecule has 0 bridgehead atoms. The first-order valence-corrected chi connectivity index (χ1v) is 19.4. The van der Waals surface area contributed by atoms with Gasteiger partial charge in [0, 0.05) is 6.54 Å². The van der Waals surface area contributed by atoms with E-state index in [9.17, 15) is 0 Å². The van der Waals surface area contributed by atoms with Crippen molar-refractivity contribution in [3.63, 3.8) is 0 Å². The third-order valence-corrected chi connectivity index (χ3v) is 9.69. The fourth-order valence-electron chi connectivity index (χ4n) is 6.80. The molecule has 250 valence electrons. The van der Waals surface area contributed by atoms with Gasteiger partial charge in [0.05, 0.1) is 0 Å². The lowest BCUT2D eigenvalue weighted by Crippen LogP contribution is -2.18. The second kappa shape index (κ2) is 29.6. The molecule has 0 unspecified atom stereocenters. The molecule has 1 fully saturated rings. The fourth-order valence-corrected chi connectivity index (χ4v) is 6.80. The molecule has 1 aliphatic rings. The largest absolute Gasteiger partial charge is 0.309 e. The molecule has 1 rings (SSSR count). The average Bonchev–Trinajstić information content (AvgIpc) is 3.67. The minimum absolute atomic E-state index is 0.703. The van der Waals surface area contributed by atoms with Crippen LogP contribution in [-0.4, -0.2) is 25.5 Å². The first-order valence-electron chi connectivity index (χ1n) is 19.4. The minimum atomic E-state index is 0.703. The number of unbranched alkanes of at least 4 members (excludes halogenated alkanes) is 18. The zero-order valence-corrected chi connectivity index (χ0v) is 29.9. The molecule has 43 heavy (non-hydrogen) atoms. The van der Waals surface area contributed by atoms with Crippen molar-refractivity contribution in [2.75, 3.05) is 20.6 Å². The van der Waals surface area contributed by atoms with Gasteiger partial charge in [0.1, 0.15) is 0 Å². The molecule has 1 aliphatic carbocycles. The topological polar surface area (TPSA) is 3.24 Å². The van der Waals surface area contributed by atoms with Crippen LogP contribution in [0.25, 0.3) is 0 Å². The molecular weight excluding hydrogens is 518 g/mol. The van der Waals surface area contributed by atoms with Crippen molar-refractivity contribution in [2.45, 2.75) is 187 Å². The molecule has 0 aromatic rings. The van der Waals surface area contributed by atoms with Crippen LogP contribution in [-0.2, 0) is 0 Å². The van der Waals surface area contributed by atoms with Crippen molar-refractivity contribution in [1.82, 2.24) is 4.90 Å². The van der Waals surface area contributed by atoms with E-state index in [1.54, 1.807) is 0 Å². The van der Waals surface area contributed by atoms with Crippen molar-refractivity contribution >= 4 is 0 Å². The minimum Gasteiger partial charge on any atom is -0.309 e. The maximum atomic E-state index is 2.43. The van der Waals surface area contributed by atoms with Crippen LogP contribution in [0.2, 0.25) is 0 Å². The Bertz CT molecular complexity index is 648. The third-order valence-electron chi connectivity index (χ3n) is 9.69. The smallest absolute Gasteiger partial charge is 0.000908 e. The first kappa shape index (κ1) is 39.9. The zero-order chi connectivity index (χ0) is 31.1. The number of hydrogen-bond acceptors (Lipinski definition) is 1. The van der Waals surface area contributed by atoms with Gasteiger partial charge in [-0.3, -0.25) is 0 Å². The van der Waals surface area contributed by atoms with Gasteiger partial charge in [0.25, 0.3) is 0 Å². The molecule has 1 heteroatoms. The van der Waals surface area contributed by atoms with E-state index in [1.807, 2.05) is 0 Å². The van der Waals surface area contributed by atoms with E-state index in [0.717, 1.165) is 18.8 Å². The van der Waals surface area contributed by atoms with Crippen molar-refractivity contribution in [3.05, 3.63) is 48.6 Å². The lowest BCUT2D eigenvalue weighted by Gasteiger charge is -2.19. The molecular formula is C42H77N. The Morgan fingerprint density at radius 3 is 1.19 bits per heavy atom. The van der Waals surface area contributed by atoms with Gasteiger partial charge in [-0.15, -0.1) is 0 Å². The van der Waals surface area contributed by atoms with E-state index in [-0.39, 0.29) is 0 Å². The lowest BCUT2D eigenvalue weighted by atomic mass is 9.89. The van der Waals surface area contributed by atoms with Gasteiger partial charge < -0.3 is 4.90 Å². The molecule has 0 N–H and O–H groups in total. The monoisotopic (exact) mass is 596 g/mol. The van der Waals surface area contributed by atoms with E-state index < -0.39 is 0 Å². The first-order chi connectivity index (χ1) is 21.1. The van der Waals surface area contributed by atoms with Gasteiger partial charge in [0.2, 0.25) is 0 Å². The van der Waals surface area contributed by atoms with E-state index in [2.05, 4.69) is 81.5 Å². The highest BCUT2D eigenvalue weighted by atomic mass is 15.1. The normalized spacial score (nSPS) is 16.7. The molecule has 0 heterocycles. The van der Waals surface area contributed by atoms with Gasteiger partial charge in [0.15, 0.2) is 0 Å². The fraction of sp³-hybridized carbons (Fsp3) is 0.810. The van der Waals surface area contributed by atoms with E-state index in [0.29, 0.717) is 5.41 Å². The molecule has 1 nitrogen and oxygen atoms in total. The third kappa shape index (κ3) is 24.9. The van der Waals surface area contributed by atoms with Crippen LogP contribution >= 0.6 is 0 Å². The van der Waals surface area contributed by atoms with Crippen molar-refractivity contribution in [3.8, 4) is 0 Å². The summed E-state index contributed by atoms with van der Waals surface area (Å²) < 4.78 is 0. The number of hydrogen-bond donors (Lipinski definition) is 0. The maximum absolute atomic E-state index is 2.43. The maximum Gasteiger partial charge on any atom is 0.000908 e. The molecule has 1 atom stereocenters. The van der Waals surface area contributed by atoms with E-state index in [1.165, 1.54) is 167 Å². The molecule has 0 amide bonds. The van der Waals surface area contributed by atoms with Crippen LogP contribution in [0.15, 0.2) is 48.6 Å². The van der Waals surface area contributed by atoms with Gasteiger partial charge >= 0.3 is 0 Å². The zero-order valence-electron chi connectivity index (χ0n) is 29.9. The van der Waals surface area contributed by atoms with Crippen molar-refractivity contribution in [2.24, 2.45) is 11.3 Å². The Labute approximate surface area is 272 Å². The molecule has 0 spiro atoms. The van der Waals surface area contributed by atoms with Gasteiger partial charge in [-0.2, -0.15) is 0 Å². The molecule has 0 aromatic carbocycles. The average molecular weight is 596 g/mol. The summed E-state index contributed by atoms with van der Waals surface area (Å²) in [6.45, 7) is 5.86. The number of allylic oxidation sites excluding steroid dienone is 8. The Morgan fingerprint density at radius 1 is 0.465 bits per heavy atom. The van der Waals surface area contributed by atoms with Crippen LogP contribution in [0.1, 0.15) is 187 Å². The van der Waals surface area contributed by atoms with Gasteiger partial charge in [-0.25, -0.2) is 0 Å². The molecule has 0 radical (unpaired) electrons. The second-order valence-electron chi connectivity index (χ2n) is 14.2. The highest BCUT2D eigenvalue weighted by Gasteiger charge is 2.51. The molecule has 0 aliphatic heterocycles.